The summed E-state index contributed by atoms with van der Waals surface area (Å²) in [6.45, 7) is 0.727. The van der Waals surface area contributed by atoms with E-state index in [0.717, 1.165) is 13.0 Å². The lowest BCUT2D eigenvalue weighted by Gasteiger charge is -2.09. The Kier molecular flexibility index (Phi) is 2.66. The zero-order chi connectivity index (χ0) is 10.1. The van der Waals surface area contributed by atoms with Crippen LogP contribution in [0.15, 0.2) is 6.07 Å². The Bertz CT molecular complexity index is 314. The molecule has 6 heteroatoms. The van der Waals surface area contributed by atoms with E-state index in [0.29, 0.717) is 0 Å². The van der Waals surface area contributed by atoms with Crippen LogP contribution in [0, 0.1) is 0 Å². The number of hydrogen-bond acceptors (Lipinski definition) is 3. The molecule has 0 saturated carbocycles. The first-order valence-corrected chi connectivity index (χ1v) is 3.78. The van der Waals surface area contributed by atoms with Gasteiger partial charge in [0, 0.05) is 13.0 Å². The van der Waals surface area contributed by atoms with Gasteiger partial charge in [0.05, 0.1) is 7.11 Å². The summed E-state index contributed by atoms with van der Waals surface area (Å²) in [6.07, 6.45) is 0. The zero-order valence-corrected chi connectivity index (χ0v) is 7.77. The molecule has 1 heterocycles. The average Bonchev–Trinajstić information content (AvgIpc) is 2.01. The van der Waals surface area contributed by atoms with E-state index in [1.165, 1.54) is 7.11 Å². The summed E-state index contributed by atoms with van der Waals surface area (Å²) < 4.78 is 30.1. The number of methoxy groups -OCH3 is 1. The van der Waals surface area contributed by atoms with E-state index in [4.69, 9.17) is 11.6 Å². The van der Waals surface area contributed by atoms with Crippen LogP contribution >= 0.6 is 11.6 Å². The Morgan fingerprint density at radius 1 is 1.46 bits per heavy atom. The fourth-order valence-corrected chi connectivity index (χ4v) is 0.889. The molecule has 0 radical (unpaired) electrons. The highest BCUT2D eigenvalue weighted by atomic mass is 35.5. The van der Waals surface area contributed by atoms with Crippen molar-refractivity contribution in [3.05, 3.63) is 16.9 Å². The minimum absolute atomic E-state index is 0.0663. The van der Waals surface area contributed by atoms with Gasteiger partial charge in [0.2, 0.25) is 0 Å². The summed E-state index contributed by atoms with van der Waals surface area (Å²) in [7, 11) is 1.28. The van der Waals surface area contributed by atoms with Crippen LogP contribution in [-0.2, 0) is 5.92 Å². The second-order valence-corrected chi connectivity index (χ2v) is 2.84. The number of aromatic nitrogens is 2. The van der Waals surface area contributed by atoms with Crippen LogP contribution in [0.4, 0.5) is 8.78 Å². The zero-order valence-electron chi connectivity index (χ0n) is 7.01. The molecular formula is C7H7ClF2N2O. The fraction of sp³-hybridized carbons (Fsp3) is 0.429. The summed E-state index contributed by atoms with van der Waals surface area (Å²) >= 11 is 5.47. The molecule has 0 aliphatic rings. The molecule has 0 saturated heterocycles. The van der Waals surface area contributed by atoms with Gasteiger partial charge in [-0.3, -0.25) is 0 Å². The Labute approximate surface area is 78.7 Å². The molecule has 72 valence electrons. The van der Waals surface area contributed by atoms with E-state index in [1.807, 2.05) is 0 Å². The van der Waals surface area contributed by atoms with Crippen LogP contribution in [0.25, 0.3) is 0 Å². The van der Waals surface area contributed by atoms with Crippen LogP contribution in [0.1, 0.15) is 12.6 Å². The minimum Gasteiger partial charge on any atom is -0.467 e. The van der Waals surface area contributed by atoms with Crippen molar-refractivity contribution >= 4 is 11.6 Å². The first kappa shape index (κ1) is 10.1. The van der Waals surface area contributed by atoms with Crippen LogP contribution < -0.4 is 4.74 Å². The van der Waals surface area contributed by atoms with Crippen LogP contribution in [0.3, 0.4) is 0 Å². The molecule has 0 N–H and O–H groups in total. The van der Waals surface area contributed by atoms with Crippen molar-refractivity contribution in [2.45, 2.75) is 12.8 Å². The van der Waals surface area contributed by atoms with Gasteiger partial charge in [-0.2, -0.15) is 18.7 Å². The van der Waals surface area contributed by atoms with E-state index < -0.39 is 11.6 Å². The van der Waals surface area contributed by atoms with Crippen molar-refractivity contribution in [3.63, 3.8) is 0 Å². The number of hydrogen-bond donors (Lipinski definition) is 0. The van der Waals surface area contributed by atoms with Crippen LogP contribution in [-0.4, -0.2) is 17.1 Å². The molecule has 0 aliphatic carbocycles. The Morgan fingerprint density at radius 2 is 2.08 bits per heavy atom. The normalized spacial score (nSPS) is 11.5. The quantitative estimate of drug-likeness (QED) is 0.700. The molecule has 0 spiro atoms. The van der Waals surface area contributed by atoms with Crippen molar-refractivity contribution in [3.8, 4) is 6.01 Å². The lowest BCUT2D eigenvalue weighted by molar-refractivity contribution is 0.0120. The van der Waals surface area contributed by atoms with E-state index in [2.05, 4.69) is 14.7 Å². The van der Waals surface area contributed by atoms with Crippen molar-refractivity contribution < 1.29 is 13.5 Å². The molecule has 3 nitrogen and oxygen atoms in total. The summed E-state index contributed by atoms with van der Waals surface area (Å²) in [5.41, 5.74) is -0.454. The lowest BCUT2D eigenvalue weighted by atomic mass is 10.3. The SMILES string of the molecule is COc1nc(Cl)cc(C(C)(F)F)n1. The predicted octanol–water partition coefficient (Wildman–Crippen LogP) is 2.25. The second-order valence-electron chi connectivity index (χ2n) is 2.45. The van der Waals surface area contributed by atoms with E-state index in [-0.39, 0.29) is 11.2 Å². The Hall–Kier alpha value is -0.970. The smallest absolute Gasteiger partial charge is 0.317 e. The number of nitrogens with zero attached hydrogens (tertiary/aromatic N) is 2. The maximum atomic E-state index is 12.7. The average molecular weight is 209 g/mol. The highest BCUT2D eigenvalue weighted by Crippen LogP contribution is 2.27. The maximum Gasteiger partial charge on any atom is 0.317 e. The first-order valence-electron chi connectivity index (χ1n) is 3.40. The van der Waals surface area contributed by atoms with Gasteiger partial charge in [-0.15, -0.1) is 0 Å². The first-order chi connectivity index (χ1) is 5.93. The van der Waals surface area contributed by atoms with Gasteiger partial charge in [-0.05, 0) is 0 Å². The third-order valence-electron chi connectivity index (χ3n) is 1.31. The lowest BCUT2D eigenvalue weighted by Crippen LogP contribution is -2.11. The van der Waals surface area contributed by atoms with Gasteiger partial charge in [-0.25, -0.2) is 0 Å². The fourth-order valence-electron chi connectivity index (χ4n) is 0.713. The van der Waals surface area contributed by atoms with Gasteiger partial charge in [0.25, 0.3) is 5.92 Å². The van der Waals surface area contributed by atoms with Crippen LogP contribution in [0.2, 0.25) is 5.15 Å². The third kappa shape index (κ3) is 2.48. The molecule has 1 aromatic heterocycles. The van der Waals surface area contributed by atoms with E-state index >= 15 is 0 Å². The molecule has 0 unspecified atom stereocenters. The molecule has 0 fully saturated rings. The summed E-state index contributed by atoms with van der Waals surface area (Å²) in [6, 6.07) is 0.841. The van der Waals surface area contributed by atoms with Crippen molar-refractivity contribution in [2.24, 2.45) is 0 Å². The number of halogens is 3. The third-order valence-corrected chi connectivity index (χ3v) is 1.50. The van der Waals surface area contributed by atoms with Crippen molar-refractivity contribution in [1.82, 2.24) is 9.97 Å². The summed E-state index contributed by atoms with van der Waals surface area (Å²) in [5.74, 6) is -3.04. The molecule has 13 heavy (non-hydrogen) atoms. The highest BCUT2D eigenvalue weighted by molar-refractivity contribution is 6.29. The molecular weight excluding hydrogens is 202 g/mol. The van der Waals surface area contributed by atoms with Crippen molar-refractivity contribution in [1.29, 1.82) is 0 Å². The monoisotopic (exact) mass is 208 g/mol. The predicted molar refractivity (Wildman–Crippen MR) is 43.2 cm³/mol. The molecule has 0 aromatic carbocycles. The van der Waals surface area contributed by atoms with Crippen molar-refractivity contribution in [2.75, 3.05) is 7.11 Å². The Morgan fingerprint density at radius 3 is 2.54 bits per heavy atom. The molecule has 0 amide bonds. The van der Waals surface area contributed by atoms with Gasteiger partial charge in [0.15, 0.2) is 0 Å². The van der Waals surface area contributed by atoms with Crippen LogP contribution in [0.5, 0.6) is 6.01 Å². The minimum atomic E-state index is -3.04. The van der Waals surface area contributed by atoms with Gasteiger partial charge in [0.1, 0.15) is 10.8 Å². The van der Waals surface area contributed by atoms with E-state index in [9.17, 15) is 8.78 Å². The molecule has 0 atom stereocenters. The summed E-state index contributed by atoms with van der Waals surface area (Å²) in [5, 5.41) is -0.0663. The second kappa shape index (κ2) is 3.41. The molecule has 1 rings (SSSR count). The number of alkyl halides is 2. The number of rotatable bonds is 2. The van der Waals surface area contributed by atoms with Gasteiger partial charge in [-0.1, -0.05) is 11.6 Å². The molecule has 0 aliphatic heterocycles. The molecule has 1 aromatic rings. The number of ether oxygens (including phenoxy) is 1. The van der Waals surface area contributed by atoms with Gasteiger partial charge >= 0.3 is 6.01 Å². The van der Waals surface area contributed by atoms with Gasteiger partial charge < -0.3 is 4.74 Å². The molecule has 0 bridgehead atoms. The Balaban J connectivity index is 3.16. The maximum absolute atomic E-state index is 12.7. The van der Waals surface area contributed by atoms with E-state index in [1.54, 1.807) is 0 Å². The highest BCUT2D eigenvalue weighted by Gasteiger charge is 2.27. The summed E-state index contributed by atoms with van der Waals surface area (Å²) in [4.78, 5) is 7.02. The topological polar surface area (TPSA) is 35.0 Å². The largest absolute Gasteiger partial charge is 0.467 e. The standard InChI is InChI=1S/C7H7ClF2N2O/c1-7(9,10)4-3-5(8)12-6(11-4)13-2/h3H,1-2H3.